The largest absolute Gasteiger partial charge is 0.377 e. The van der Waals surface area contributed by atoms with Crippen molar-refractivity contribution in [3.63, 3.8) is 0 Å². The lowest BCUT2D eigenvalue weighted by atomic mass is 10.1. The Balaban J connectivity index is 2.53. The van der Waals surface area contributed by atoms with Gasteiger partial charge in [-0.3, -0.25) is 0 Å². The van der Waals surface area contributed by atoms with Crippen LogP contribution in [0.3, 0.4) is 0 Å². The lowest BCUT2D eigenvalue weighted by molar-refractivity contribution is 0.463. The van der Waals surface area contributed by atoms with E-state index in [4.69, 9.17) is 6.42 Å². The van der Waals surface area contributed by atoms with Crippen molar-refractivity contribution in [3.05, 3.63) is 49.1 Å². The number of benzene rings is 2. The quantitative estimate of drug-likeness (QED) is 0.459. The summed E-state index contributed by atoms with van der Waals surface area (Å²) in [4.78, 5) is 2.00. The summed E-state index contributed by atoms with van der Waals surface area (Å²) in [6, 6.07) is 10.5. The summed E-state index contributed by atoms with van der Waals surface area (Å²) < 4.78 is 51.6. The van der Waals surface area contributed by atoms with Gasteiger partial charge in [0.25, 0.3) is 0 Å². The molecule has 0 fully saturated rings. The van der Waals surface area contributed by atoms with Gasteiger partial charge in [0.05, 0.1) is 22.9 Å². The first-order valence-corrected chi connectivity index (χ1v) is 11.8. The van der Waals surface area contributed by atoms with Gasteiger partial charge in [0.1, 0.15) is 0 Å². The lowest BCUT2D eigenvalue weighted by Crippen LogP contribution is -2.36. The van der Waals surface area contributed by atoms with Gasteiger partial charge in [-0.2, -0.15) is 4.31 Å². The molecule has 0 N–H and O–H groups in total. The van der Waals surface area contributed by atoms with Crippen LogP contribution >= 0.6 is 0 Å². The molecule has 0 atom stereocenters. The van der Waals surface area contributed by atoms with Crippen LogP contribution in [0.25, 0.3) is 10.8 Å². The second kappa shape index (κ2) is 8.78. The van der Waals surface area contributed by atoms with Crippen LogP contribution < -0.4 is 4.90 Å². The molecule has 0 aliphatic heterocycles. The first-order valence-electron chi connectivity index (χ1n) is 8.58. The number of sulfonamides is 1. The molecular weight excluding hydrogens is 396 g/mol. The van der Waals surface area contributed by atoms with E-state index in [1.165, 1.54) is 12.1 Å². The lowest BCUT2D eigenvalue weighted by Gasteiger charge is -2.22. The van der Waals surface area contributed by atoms with Crippen molar-refractivity contribution in [2.24, 2.45) is 0 Å². The molecule has 28 heavy (non-hydrogen) atoms. The van der Waals surface area contributed by atoms with Gasteiger partial charge in [-0.15, -0.1) is 13.0 Å². The van der Waals surface area contributed by atoms with Crippen molar-refractivity contribution in [2.75, 3.05) is 43.6 Å². The van der Waals surface area contributed by atoms with E-state index in [1.807, 2.05) is 31.1 Å². The minimum absolute atomic E-state index is 0.102. The van der Waals surface area contributed by atoms with Gasteiger partial charge in [0.2, 0.25) is 10.0 Å². The topological polar surface area (TPSA) is 74.8 Å². The monoisotopic (exact) mass is 420 g/mol. The maximum atomic E-state index is 13.3. The van der Waals surface area contributed by atoms with Crippen LogP contribution in [0.15, 0.2) is 53.9 Å². The van der Waals surface area contributed by atoms with E-state index in [9.17, 15) is 16.8 Å². The van der Waals surface area contributed by atoms with Crippen LogP contribution in [0.5, 0.6) is 0 Å². The number of nitrogens with zero attached hydrogens (tertiary/aromatic N) is 2. The van der Waals surface area contributed by atoms with Crippen molar-refractivity contribution in [1.82, 2.24) is 4.31 Å². The minimum Gasteiger partial charge on any atom is -0.377 e. The van der Waals surface area contributed by atoms with Crippen LogP contribution in [0.1, 0.15) is 0 Å². The molecule has 0 unspecified atom stereocenters. The second-order valence-corrected chi connectivity index (χ2v) is 10.6. The van der Waals surface area contributed by atoms with E-state index in [2.05, 4.69) is 12.5 Å². The highest BCUT2D eigenvalue weighted by molar-refractivity contribution is 7.91. The van der Waals surface area contributed by atoms with Crippen molar-refractivity contribution < 1.29 is 16.8 Å². The smallest absolute Gasteiger partial charge is 0.244 e. The van der Waals surface area contributed by atoms with Crippen molar-refractivity contribution >= 4 is 36.3 Å². The molecule has 0 saturated heterocycles. The SMILES string of the molecule is C#CCN(CCS(=O)(=O)CC=C)S(=O)(=O)c1cccc2c(N(C)C)cccc12. The second-order valence-electron chi connectivity index (χ2n) is 6.47. The summed E-state index contributed by atoms with van der Waals surface area (Å²) in [5.74, 6) is 1.78. The number of anilines is 1. The molecule has 2 rings (SSSR count). The summed E-state index contributed by atoms with van der Waals surface area (Å²) in [5, 5.41) is 1.35. The van der Waals surface area contributed by atoms with E-state index < -0.39 is 19.9 Å². The predicted molar refractivity (Wildman–Crippen MR) is 115 cm³/mol. The summed E-state index contributed by atoms with van der Waals surface area (Å²) in [6.45, 7) is 2.99. The first-order chi connectivity index (χ1) is 13.1. The van der Waals surface area contributed by atoms with Crippen LogP contribution in [0.2, 0.25) is 0 Å². The van der Waals surface area contributed by atoms with Gasteiger partial charge in [-0.1, -0.05) is 36.3 Å². The maximum Gasteiger partial charge on any atom is 0.244 e. The number of rotatable bonds is 9. The standard InChI is InChI=1S/C20H24N2O4S2/c1-5-13-22(14-16-27(23,24)15-6-2)28(25,26)20-12-8-9-17-18(20)10-7-11-19(17)21(3)4/h1,6-12H,2,13-16H2,3-4H3. The van der Waals surface area contributed by atoms with E-state index in [1.54, 1.807) is 18.2 Å². The van der Waals surface area contributed by atoms with E-state index >= 15 is 0 Å². The summed E-state index contributed by atoms with van der Waals surface area (Å²) in [6.07, 6.45) is 6.63. The van der Waals surface area contributed by atoms with E-state index in [0.717, 1.165) is 15.4 Å². The Labute approximate surface area is 167 Å². The molecule has 2 aromatic carbocycles. The average Bonchev–Trinajstić information content (AvgIpc) is 2.63. The fraction of sp³-hybridized carbons (Fsp3) is 0.300. The fourth-order valence-electron chi connectivity index (χ4n) is 2.91. The van der Waals surface area contributed by atoms with Gasteiger partial charge in [-0.05, 0) is 12.1 Å². The number of hydrogen-bond acceptors (Lipinski definition) is 5. The third-order valence-corrected chi connectivity index (χ3v) is 7.70. The molecule has 8 heteroatoms. The first kappa shape index (κ1) is 22.0. The van der Waals surface area contributed by atoms with E-state index in [0.29, 0.717) is 5.39 Å². The Morgan fingerprint density at radius 1 is 1.07 bits per heavy atom. The predicted octanol–water partition coefficient (Wildman–Crippen LogP) is 2.13. The zero-order valence-corrected chi connectivity index (χ0v) is 17.6. The summed E-state index contributed by atoms with van der Waals surface area (Å²) in [7, 11) is -3.67. The highest BCUT2D eigenvalue weighted by atomic mass is 32.2. The Bertz CT molecular complexity index is 1110. The zero-order valence-electron chi connectivity index (χ0n) is 16.0. The maximum absolute atomic E-state index is 13.3. The molecule has 150 valence electrons. The van der Waals surface area contributed by atoms with Crippen LogP contribution in [0.4, 0.5) is 5.69 Å². The number of sulfone groups is 1. The molecule has 0 aliphatic rings. The molecule has 0 amide bonds. The average molecular weight is 421 g/mol. The van der Waals surface area contributed by atoms with Crippen LogP contribution in [-0.4, -0.2) is 59.8 Å². The van der Waals surface area contributed by atoms with Gasteiger partial charge < -0.3 is 4.90 Å². The molecule has 0 saturated carbocycles. The fourth-order valence-corrected chi connectivity index (χ4v) is 5.61. The van der Waals surface area contributed by atoms with Gasteiger partial charge in [0, 0.05) is 37.1 Å². The Morgan fingerprint density at radius 3 is 2.32 bits per heavy atom. The molecule has 0 bridgehead atoms. The highest BCUT2D eigenvalue weighted by Crippen LogP contribution is 2.31. The highest BCUT2D eigenvalue weighted by Gasteiger charge is 2.27. The molecule has 0 aromatic heterocycles. The molecular formula is C20H24N2O4S2. The minimum atomic E-state index is -3.99. The van der Waals surface area contributed by atoms with Crippen LogP contribution in [0, 0.1) is 12.3 Å². The third kappa shape index (κ3) is 4.73. The number of fused-ring (bicyclic) bond motifs is 1. The molecule has 0 radical (unpaired) electrons. The summed E-state index contributed by atoms with van der Waals surface area (Å²) >= 11 is 0. The van der Waals surface area contributed by atoms with Crippen molar-refractivity contribution in [2.45, 2.75) is 4.90 Å². The molecule has 0 aliphatic carbocycles. The van der Waals surface area contributed by atoms with Gasteiger partial charge in [-0.25, -0.2) is 16.8 Å². The molecule has 0 heterocycles. The van der Waals surface area contributed by atoms with Gasteiger partial charge in [0.15, 0.2) is 9.84 Å². The van der Waals surface area contributed by atoms with Gasteiger partial charge >= 0.3 is 0 Å². The van der Waals surface area contributed by atoms with Crippen molar-refractivity contribution in [1.29, 1.82) is 0 Å². The Kier molecular flexibility index (Phi) is 6.88. The molecule has 2 aromatic rings. The van der Waals surface area contributed by atoms with Crippen molar-refractivity contribution in [3.8, 4) is 12.3 Å². The number of terminal acetylenes is 1. The molecule has 6 nitrogen and oxygen atoms in total. The molecule has 0 spiro atoms. The normalized spacial score (nSPS) is 12.1. The number of hydrogen-bond donors (Lipinski definition) is 0. The Morgan fingerprint density at radius 2 is 1.71 bits per heavy atom. The third-order valence-electron chi connectivity index (χ3n) is 4.25. The Hall–Kier alpha value is -2.34. The zero-order chi connectivity index (χ0) is 20.9. The summed E-state index contributed by atoms with van der Waals surface area (Å²) in [5.41, 5.74) is 0.881. The van der Waals surface area contributed by atoms with Crippen LogP contribution in [-0.2, 0) is 19.9 Å². The van der Waals surface area contributed by atoms with E-state index in [-0.39, 0.29) is 29.5 Å².